The molecule has 8 bridgehead atoms. The topological polar surface area (TPSA) is 57.4 Å². The zero-order chi connectivity index (χ0) is 30.5. The average Bonchev–Trinajstić information content (AvgIpc) is 3.87. The van der Waals surface area contributed by atoms with E-state index in [4.69, 9.17) is 44.8 Å². The second-order valence-electron chi connectivity index (χ2n) is 10.9. The van der Waals surface area contributed by atoms with E-state index in [2.05, 4.69) is 52.5 Å². The molecule has 0 fully saturated rings. The number of benzene rings is 3. The van der Waals surface area contributed by atoms with Crippen LogP contribution < -0.4 is 0 Å². The van der Waals surface area contributed by atoms with E-state index in [-0.39, 0.29) is 0 Å². The number of hydrogen-bond donors (Lipinski definition) is 2. The molecule has 5 heterocycles. The van der Waals surface area contributed by atoms with Crippen LogP contribution in [-0.4, -0.2) is 19.9 Å². The lowest BCUT2D eigenvalue weighted by Gasteiger charge is -2.06. The summed E-state index contributed by atoms with van der Waals surface area (Å²) in [5.41, 5.74) is 13.0. The van der Waals surface area contributed by atoms with Crippen LogP contribution in [0.1, 0.15) is 22.8 Å². The number of nitrogens with one attached hydrogen (secondary N) is 2. The van der Waals surface area contributed by atoms with Gasteiger partial charge in [0.2, 0.25) is 0 Å². The summed E-state index contributed by atoms with van der Waals surface area (Å²) in [6.45, 7) is 0. The molecule has 0 spiro atoms. The van der Waals surface area contributed by atoms with Gasteiger partial charge in [0, 0.05) is 53.8 Å². The lowest BCUT2D eigenvalue weighted by Crippen LogP contribution is -1.88. The molecule has 0 unspecified atom stereocenters. The van der Waals surface area contributed by atoms with Crippen LogP contribution >= 0.6 is 34.8 Å². The van der Waals surface area contributed by atoms with Crippen molar-refractivity contribution in [1.82, 2.24) is 19.9 Å². The van der Waals surface area contributed by atoms with Gasteiger partial charge < -0.3 is 9.97 Å². The third-order valence-electron chi connectivity index (χ3n) is 7.97. The van der Waals surface area contributed by atoms with Gasteiger partial charge in [0.25, 0.3) is 0 Å². The van der Waals surface area contributed by atoms with Gasteiger partial charge in [-0.3, -0.25) is 0 Å². The van der Waals surface area contributed by atoms with E-state index in [0.717, 1.165) is 78.2 Å². The maximum absolute atomic E-state index is 6.32. The predicted molar refractivity (Wildman–Crippen MR) is 190 cm³/mol. The van der Waals surface area contributed by atoms with Crippen LogP contribution in [0.5, 0.6) is 0 Å². The Kier molecular flexibility index (Phi) is 6.91. The van der Waals surface area contributed by atoms with Crippen molar-refractivity contribution in [3.63, 3.8) is 0 Å². The molecular weight excluding hydrogens is 619 g/mol. The second kappa shape index (κ2) is 11.2. The zero-order valence-corrected chi connectivity index (χ0v) is 25.9. The van der Waals surface area contributed by atoms with E-state index in [1.54, 1.807) is 0 Å². The monoisotopic (exact) mass is 640 g/mol. The van der Waals surface area contributed by atoms with Gasteiger partial charge in [-0.1, -0.05) is 71.2 Å². The summed E-state index contributed by atoms with van der Waals surface area (Å²) in [5.74, 6) is 0. The van der Waals surface area contributed by atoms with Gasteiger partial charge in [-0.25, -0.2) is 9.97 Å². The predicted octanol–water partition coefficient (Wildman–Crippen LogP) is 11.6. The Hall–Kier alpha value is -4.87. The summed E-state index contributed by atoms with van der Waals surface area (Å²) >= 11 is 18.9. The highest BCUT2D eigenvalue weighted by molar-refractivity contribution is 6.31. The number of nitrogens with zero attached hydrogens (tertiary/aromatic N) is 2. The van der Waals surface area contributed by atoms with Crippen molar-refractivity contribution in [2.75, 3.05) is 0 Å². The number of fused-ring (bicyclic) bond motifs is 8. The van der Waals surface area contributed by atoms with Gasteiger partial charge in [-0.05, 0) is 108 Å². The summed E-state index contributed by atoms with van der Waals surface area (Å²) < 4.78 is 0. The van der Waals surface area contributed by atoms with Crippen LogP contribution in [0, 0.1) is 0 Å². The van der Waals surface area contributed by atoms with Crippen molar-refractivity contribution in [3.8, 4) is 33.4 Å². The van der Waals surface area contributed by atoms with Crippen molar-refractivity contribution < 1.29 is 0 Å². The van der Waals surface area contributed by atoms with Crippen LogP contribution in [0.25, 0.3) is 79.8 Å². The van der Waals surface area contributed by atoms with E-state index in [9.17, 15) is 0 Å². The number of aromatic amines is 2. The second-order valence-corrected chi connectivity index (χ2v) is 12.2. The normalized spacial score (nSPS) is 12.2. The lowest BCUT2D eigenvalue weighted by atomic mass is 10.0. The SMILES string of the molecule is Clc1ccc(-c2c3nc(c(-c4ccc(Cl)cc4)c4ccc([nH]4)c(-c4ccc(Cl)cc4)c4nc(cc5ccc2[nH]5)C=C4)C=C3)cc1. The first-order valence-electron chi connectivity index (χ1n) is 14.4. The van der Waals surface area contributed by atoms with Gasteiger partial charge in [-0.2, -0.15) is 0 Å². The van der Waals surface area contributed by atoms with Gasteiger partial charge >= 0.3 is 0 Å². The summed E-state index contributed by atoms with van der Waals surface area (Å²) in [7, 11) is 0. The summed E-state index contributed by atoms with van der Waals surface area (Å²) in [6.07, 6.45) is 8.22. The molecule has 0 aliphatic carbocycles. The van der Waals surface area contributed by atoms with Crippen molar-refractivity contribution in [2.24, 2.45) is 0 Å². The first-order valence-corrected chi connectivity index (χ1v) is 15.5. The fourth-order valence-corrected chi connectivity index (χ4v) is 6.28. The zero-order valence-electron chi connectivity index (χ0n) is 23.7. The van der Waals surface area contributed by atoms with E-state index in [1.165, 1.54) is 0 Å². The maximum atomic E-state index is 6.32. The van der Waals surface area contributed by atoms with E-state index in [0.29, 0.717) is 15.1 Å². The standard InChI is InChI=1S/C38H23Cl3N4/c39-25-7-1-22(2-8-25)36-30-15-13-28(42-30)21-29-14-16-31(43-29)37(23-3-9-26(40)10-4-23)33-18-20-35(45-33)38(34-19-17-32(36)44-34)24-5-11-27(41)12-6-24/h1-21,42,45H. The van der Waals surface area contributed by atoms with Gasteiger partial charge in [0.15, 0.2) is 0 Å². The summed E-state index contributed by atoms with van der Waals surface area (Å²) in [6, 6.07) is 33.9. The third kappa shape index (κ3) is 5.27. The molecule has 3 aromatic carbocycles. The summed E-state index contributed by atoms with van der Waals surface area (Å²) in [4.78, 5) is 17.6. The molecule has 45 heavy (non-hydrogen) atoms. The number of H-pyrrole nitrogens is 2. The molecule has 2 aliphatic rings. The lowest BCUT2D eigenvalue weighted by molar-refractivity contribution is 1.31. The molecule has 0 radical (unpaired) electrons. The van der Waals surface area contributed by atoms with Crippen LogP contribution in [0.15, 0.2) is 103 Å². The number of rotatable bonds is 3. The molecule has 0 amide bonds. The molecule has 0 saturated heterocycles. The molecule has 2 aliphatic heterocycles. The molecule has 0 atom stereocenters. The Morgan fingerprint density at radius 2 is 0.800 bits per heavy atom. The van der Waals surface area contributed by atoms with Gasteiger partial charge in [-0.15, -0.1) is 0 Å². The fourth-order valence-electron chi connectivity index (χ4n) is 5.90. The van der Waals surface area contributed by atoms with Gasteiger partial charge in [0.1, 0.15) is 0 Å². The highest BCUT2D eigenvalue weighted by Gasteiger charge is 2.17. The Labute approximate surface area is 274 Å². The highest BCUT2D eigenvalue weighted by atomic mass is 35.5. The molecule has 8 rings (SSSR count). The first kappa shape index (κ1) is 27.7. The first-order chi connectivity index (χ1) is 22.0. The quantitative estimate of drug-likeness (QED) is 0.202. The molecule has 3 aromatic heterocycles. The van der Waals surface area contributed by atoms with Crippen LogP contribution in [0.3, 0.4) is 0 Å². The number of halogens is 3. The average molecular weight is 642 g/mol. The minimum atomic E-state index is 0.671. The van der Waals surface area contributed by atoms with E-state index >= 15 is 0 Å². The van der Waals surface area contributed by atoms with Crippen LogP contribution in [0.4, 0.5) is 0 Å². The van der Waals surface area contributed by atoms with Crippen molar-refractivity contribution in [3.05, 3.63) is 141 Å². The smallest absolute Gasteiger partial charge is 0.0737 e. The Morgan fingerprint density at radius 1 is 0.400 bits per heavy atom. The maximum Gasteiger partial charge on any atom is 0.0737 e. The largest absolute Gasteiger partial charge is 0.355 e. The van der Waals surface area contributed by atoms with Crippen molar-refractivity contribution >= 4 is 81.2 Å². The fraction of sp³-hybridized carbons (Fsp3) is 0. The Bertz CT molecular complexity index is 2280. The van der Waals surface area contributed by atoms with Crippen LogP contribution in [-0.2, 0) is 0 Å². The van der Waals surface area contributed by atoms with Crippen LogP contribution in [0.2, 0.25) is 15.1 Å². The highest BCUT2D eigenvalue weighted by Crippen LogP contribution is 2.37. The summed E-state index contributed by atoms with van der Waals surface area (Å²) in [5, 5.41) is 2.03. The molecular formula is C38H23Cl3N4. The molecule has 6 aromatic rings. The molecule has 2 N–H and O–H groups in total. The Balaban J connectivity index is 1.52. The minimum Gasteiger partial charge on any atom is -0.355 e. The van der Waals surface area contributed by atoms with E-state index in [1.807, 2.05) is 84.9 Å². The molecule has 7 heteroatoms. The minimum absolute atomic E-state index is 0.671. The van der Waals surface area contributed by atoms with Crippen molar-refractivity contribution in [1.29, 1.82) is 0 Å². The third-order valence-corrected chi connectivity index (χ3v) is 8.73. The van der Waals surface area contributed by atoms with Crippen molar-refractivity contribution in [2.45, 2.75) is 0 Å². The number of hydrogen-bond acceptors (Lipinski definition) is 2. The molecule has 216 valence electrons. The number of aromatic nitrogens is 4. The Morgan fingerprint density at radius 3 is 1.29 bits per heavy atom. The molecule has 4 nitrogen and oxygen atoms in total. The van der Waals surface area contributed by atoms with Gasteiger partial charge in [0.05, 0.1) is 22.8 Å². The van der Waals surface area contributed by atoms with E-state index < -0.39 is 0 Å². The molecule has 0 saturated carbocycles.